The summed E-state index contributed by atoms with van der Waals surface area (Å²) in [4.78, 5) is 19.3. The molecule has 142 valence electrons. The number of nitrogens with one attached hydrogen (secondary N) is 3. The van der Waals surface area contributed by atoms with E-state index in [0.717, 1.165) is 38.0 Å². The predicted octanol–water partition coefficient (Wildman–Crippen LogP) is 3.44. The molecule has 0 radical (unpaired) electrons. The quantitative estimate of drug-likeness (QED) is 0.612. The van der Waals surface area contributed by atoms with Crippen LogP contribution in [0, 0.1) is 6.92 Å². The van der Waals surface area contributed by atoms with Gasteiger partial charge in [-0.05, 0) is 54.0 Å². The van der Waals surface area contributed by atoms with E-state index in [1.807, 2.05) is 17.5 Å². The number of fused-ring (bicyclic) bond motifs is 2. The molecule has 2 aromatic heterocycles. The molecule has 2 amide bonds. The third kappa shape index (κ3) is 4.34. The van der Waals surface area contributed by atoms with E-state index in [1.165, 1.54) is 27.0 Å². The van der Waals surface area contributed by atoms with Crippen LogP contribution in [0.2, 0.25) is 0 Å². The van der Waals surface area contributed by atoms with E-state index in [9.17, 15) is 4.79 Å². The first-order chi connectivity index (χ1) is 13.2. The molecule has 0 unspecified atom stereocenters. The summed E-state index contributed by atoms with van der Waals surface area (Å²) < 4.78 is 0. The van der Waals surface area contributed by atoms with Gasteiger partial charge in [-0.1, -0.05) is 12.1 Å². The van der Waals surface area contributed by atoms with Gasteiger partial charge in [0.1, 0.15) is 0 Å². The lowest BCUT2D eigenvalue weighted by molar-refractivity contribution is 0.231. The van der Waals surface area contributed by atoms with Crippen molar-refractivity contribution in [2.24, 2.45) is 0 Å². The number of aromatic amines is 1. The van der Waals surface area contributed by atoms with Gasteiger partial charge in [0, 0.05) is 54.7 Å². The highest BCUT2D eigenvalue weighted by molar-refractivity contribution is 7.10. The number of thiophene rings is 1. The summed E-state index contributed by atoms with van der Waals surface area (Å²) in [6.07, 6.45) is 3.99. The number of aryl methyl sites for hydroxylation is 1. The number of benzene rings is 1. The third-order valence-corrected chi connectivity index (χ3v) is 6.23. The lowest BCUT2D eigenvalue weighted by atomic mass is 10.1. The molecular formula is C21H26N4OS. The van der Waals surface area contributed by atoms with Crippen LogP contribution in [0.3, 0.4) is 0 Å². The minimum absolute atomic E-state index is 0.0843. The summed E-state index contributed by atoms with van der Waals surface area (Å²) >= 11 is 1.86. The SMILES string of the molecule is Cc1ccc2c(CCNC(=O)NCCN3CCc4sccc4C3)c[nH]c2c1. The van der Waals surface area contributed by atoms with E-state index in [2.05, 4.69) is 57.1 Å². The number of aromatic nitrogens is 1. The van der Waals surface area contributed by atoms with Gasteiger partial charge in [0.05, 0.1) is 0 Å². The highest BCUT2D eigenvalue weighted by Gasteiger charge is 2.16. The Morgan fingerprint density at radius 2 is 2.15 bits per heavy atom. The topological polar surface area (TPSA) is 60.2 Å². The first kappa shape index (κ1) is 18.1. The molecule has 4 rings (SSSR count). The minimum atomic E-state index is -0.0843. The molecule has 6 heteroatoms. The lowest BCUT2D eigenvalue weighted by Crippen LogP contribution is -2.42. The Balaban J connectivity index is 1.17. The Morgan fingerprint density at radius 3 is 3.07 bits per heavy atom. The van der Waals surface area contributed by atoms with Gasteiger partial charge in [-0.3, -0.25) is 4.90 Å². The van der Waals surface area contributed by atoms with Crippen LogP contribution in [0.25, 0.3) is 10.9 Å². The molecule has 1 aromatic carbocycles. The van der Waals surface area contributed by atoms with Crippen LogP contribution in [0.5, 0.6) is 0 Å². The van der Waals surface area contributed by atoms with Crippen LogP contribution >= 0.6 is 11.3 Å². The van der Waals surface area contributed by atoms with Gasteiger partial charge in [-0.2, -0.15) is 0 Å². The first-order valence-corrected chi connectivity index (χ1v) is 10.4. The number of carbonyl (C=O) groups is 1. The number of hydrogen-bond acceptors (Lipinski definition) is 3. The monoisotopic (exact) mass is 382 g/mol. The Labute approximate surface area is 163 Å². The maximum Gasteiger partial charge on any atom is 0.314 e. The van der Waals surface area contributed by atoms with Gasteiger partial charge in [-0.15, -0.1) is 11.3 Å². The number of urea groups is 1. The van der Waals surface area contributed by atoms with E-state index in [-0.39, 0.29) is 6.03 Å². The van der Waals surface area contributed by atoms with E-state index in [0.29, 0.717) is 13.1 Å². The van der Waals surface area contributed by atoms with Crippen molar-refractivity contribution in [3.8, 4) is 0 Å². The van der Waals surface area contributed by atoms with Crippen molar-refractivity contribution in [2.45, 2.75) is 26.3 Å². The average molecular weight is 383 g/mol. The van der Waals surface area contributed by atoms with E-state index >= 15 is 0 Å². The molecule has 27 heavy (non-hydrogen) atoms. The van der Waals surface area contributed by atoms with E-state index in [1.54, 1.807) is 0 Å². The average Bonchev–Trinajstić information content (AvgIpc) is 3.28. The van der Waals surface area contributed by atoms with Crippen molar-refractivity contribution in [2.75, 3.05) is 26.2 Å². The lowest BCUT2D eigenvalue weighted by Gasteiger charge is -2.26. The molecule has 0 saturated carbocycles. The number of hydrogen-bond donors (Lipinski definition) is 3. The zero-order valence-electron chi connectivity index (χ0n) is 15.7. The molecule has 0 spiro atoms. The van der Waals surface area contributed by atoms with E-state index < -0.39 is 0 Å². The molecule has 5 nitrogen and oxygen atoms in total. The molecule has 0 fully saturated rings. The number of nitrogens with zero attached hydrogens (tertiary/aromatic N) is 1. The van der Waals surface area contributed by atoms with Gasteiger partial charge >= 0.3 is 6.03 Å². The normalized spacial score (nSPS) is 14.3. The summed E-state index contributed by atoms with van der Waals surface area (Å²) in [5.74, 6) is 0. The van der Waals surface area contributed by atoms with Crippen LogP contribution in [0.1, 0.15) is 21.6 Å². The fraction of sp³-hybridized carbons (Fsp3) is 0.381. The second-order valence-electron chi connectivity index (χ2n) is 7.19. The molecule has 3 heterocycles. The van der Waals surface area contributed by atoms with Gasteiger partial charge < -0.3 is 15.6 Å². The maximum atomic E-state index is 12.0. The van der Waals surface area contributed by atoms with Gasteiger partial charge in [0.2, 0.25) is 0 Å². The molecule has 0 atom stereocenters. The highest BCUT2D eigenvalue weighted by atomic mass is 32.1. The fourth-order valence-corrected chi connectivity index (χ4v) is 4.60. The molecule has 0 saturated heterocycles. The second kappa shape index (κ2) is 8.15. The van der Waals surface area contributed by atoms with Crippen molar-refractivity contribution in [3.63, 3.8) is 0 Å². The van der Waals surface area contributed by atoms with Gasteiger partial charge in [-0.25, -0.2) is 4.79 Å². The Morgan fingerprint density at radius 1 is 1.26 bits per heavy atom. The zero-order chi connectivity index (χ0) is 18.6. The fourth-order valence-electron chi connectivity index (χ4n) is 3.71. The van der Waals surface area contributed by atoms with Crippen LogP contribution in [0.15, 0.2) is 35.8 Å². The molecular weight excluding hydrogens is 356 g/mol. The molecule has 0 bridgehead atoms. The third-order valence-electron chi connectivity index (χ3n) is 5.20. The zero-order valence-corrected chi connectivity index (χ0v) is 16.5. The minimum Gasteiger partial charge on any atom is -0.361 e. The van der Waals surface area contributed by atoms with Crippen LogP contribution in [0.4, 0.5) is 4.79 Å². The molecule has 1 aliphatic rings. The molecule has 0 aliphatic carbocycles. The smallest absolute Gasteiger partial charge is 0.314 e. The van der Waals surface area contributed by atoms with Crippen LogP contribution in [-0.4, -0.2) is 42.1 Å². The summed E-state index contributed by atoms with van der Waals surface area (Å²) in [5, 5.41) is 9.35. The maximum absolute atomic E-state index is 12.0. The molecule has 1 aliphatic heterocycles. The van der Waals surface area contributed by atoms with Crippen molar-refractivity contribution in [1.82, 2.24) is 20.5 Å². The summed E-state index contributed by atoms with van der Waals surface area (Å²) in [6, 6.07) is 8.56. The number of H-pyrrole nitrogens is 1. The standard InChI is InChI=1S/C21H26N4OS/c1-15-2-3-18-16(13-24-19(18)12-15)4-7-22-21(26)23-8-10-25-9-5-20-17(14-25)6-11-27-20/h2-3,6,11-13,24H,4-5,7-10,14H2,1H3,(H2,22,23,26). The van der Waals surface area contributed by atoms with Crippen molar-refractivity contribution in [3.05, 3.63) is 57.4 Å². The molecule has 3 N–H and O–H groups in total. The Bertz CT molecular complexity index is 929. The van der Waals surface area contributed by atoms with Crippen LogP contribution in [-0.2, 0) is 19.4 Å². The Kier molecular flexibility index (Phi) is 5.45. The van der Waals surface area contributed by atoms with Crippen molar-refractivity contribution in [1.29, 1.82) is 0 Å². The van der Waals surface area contributed by atoms with Gasteiger partial charge in [0.15, 0.2) is 0 Å². The van der Waals surface area contributed by atoms with Crippen molar-refractivity contribution >= 4 is 28.3 Å². The van der Waals surface area contributed by atoms with Gasteiger partial charge in [0.25, 0.3) is 0 Å². The number of amides is 2. The summed E-state index contributed by atoms with van der Waals surface area (Å²) in [6.45, 7) is 6.38. The molecule has 3 aromatic rings. The summed E-state index contributed by atoms with van der Waals surface area (Å²) in [5.41, 5.74) is 5.09. The second-order valence-corrected chi connectivity index (χ2v) is 8.19. The first-order valence-electron chi connectivity index (χ1n) is 9.55. The highest BCUT2D eigenvalue weighted by Crippen LogP contribution is 2.23. The number of carbonyl (C=O) groups excluding carboxylic acids is 1. The number of rotatable bonds is 6. The van der Waals surface area contributed by atoms with Crippen LogP contribution < -0.4 is 10.6 Å². The van der Waals surface area contributed by atoms with Crippen molar-refractivity contribution < 1.29 is 4.79 Å². The summed E-state index contributed by atoms with van der Waals surface area (Å²) in [7, 11) is 0. The predicted molar refractivity (Wildman–Crippen MR) is 111 cm³/mol. The van der Waals surface area contributed by atoms with E-state index in [4.69, 9.17) is 0 Å². The largest absolute Gasteiger partial charge is 0.361 e. The Hall–Kier alpha value is -2.31.